The van der Waals surface area contributed by atoms with Gasteiger partial charge in [-0.05, 0) is 30.5 Å². The van der Waals surface area contributed by atoms with E-state index in [1.807, 2.05) is 54.3 Å². The van der Waals surface area contributed by atoms with Crippen LogP contribution >= 0.6 is 0 Å². The van der Waals surface area contributed by atoms with Crippen LogP contribution in [0.1, 0.15) is 5.69 Å². The predicted molar refractivity (Wildman–Crippen MR) is 102 cm³/mol. The van der Waals surface area contributed by atoms with Gasteiger partial charge in [-0.1, -0.05) is 36.4 Å². The highest BCUT2D eigenvalue weighted by atomic mass is 32.2. The van der Waals surface area contributed by atoms with Gasteiger partial charge in [0.2, 0.25) is 10.0 Å². The second-order valence-electron chi connectivity index (χ2n) is 6.59. The molecule has 1 saturated heterocycles. The molecule has 1 aromatic heterocycles. The van der Waals surface area contributed by atoms with Crippen molar-refractivity contribution in [1.29, 1.82) is 0 Å². The molecule has 7 heteroatoms. The second-order valence-corrected chi connectivity index (χ2v) is 8.56. The van der Waals surface area contributed by atoms with Crippen molar-refractivity contribution < 1.29 is 8.42 Å². The summed E-state index contributed by atoms with van der Waals surface area (Å²) in [5.41, 5.74) is 0.862. The zero-order chi connectivity index (χ0) is 18.3. The van der Waals surface area contributed by atoms with E-state index >= 15 is 0 Å². The number of sulfonamides is 1. The van der Waals surface area contributed by atoms with Gasteiger partial charge >= 0.3 is 0 Å². The van der Waals surface area contributed by atoms with E-state index in [1.54, 1.807) is 19.2 Å². The molecule has 0 saturated carbocycles. The maximum atomic E-state index is 13.1. The first-order chi connectivity index (χ1) is 12.5. The smallest absolute Gasteiger partial charge is 0.243 e. The molecule has 2 aromatic carbocycles. The Hall–Kier alpha value is -2.51. The van der Waals surface area contributed by atoms with Gasteiger partial charge in [0.25, 0.3) is 0 Å². The summed E-state index contributed by atoms with van der Waals surface area (Å²) in [6, 6.07) is 16.7. The molecule has 1 fully saturated rings. The number of benzene rings is 2. The lowest BCUT2D eigenvalue weighted by Gasteiger charge is -2.43. The molecule has 0 atom stereocenters. The van der Waals surface area contributed by atoms with Crippen LogP contribution in [0, 0.1) is 6.92 Å². The van der Waals surface area contributed by atoms with Gasteiger partial charge in [-0.15, -0.1) is 5.10 Å². The first kappa shape index (κ1) is 16.9. The first-order valence-corrected chi connectivity index (χ1v) is 9.92. The van der Waals surface area contributed by atoms with Crippen LogP contribution < -0.4 is 4.90 Å². The van der Waals surface area contributed by atoms with Crippen molar-refractivity contribution >= 4 is 26.6 Å². The van der Waals surface area contributed by atoms with E-state index in [9.17, 15) is 8.42 Å². The third-order valence-corrected chi connectivity index (χ3v) is 6.86. The third kappa shape index (κ3) is 2.83. The minimum absolute atomic E-state index is 0.0814. The molecule has 1 aliphatic rings. The van der Waals surface area contributed by atoms with E-state index in [4.69, 9.17) is 0 Å². The number of likely N-dealkylation sites (N-methyl/N-ethyl adjacent to an activating group) is 1. The zero-order valence-electron chi connectivity index (χ0n) is 14.7. The van der Waals surface area contributed by atoms with Crippen LogP contribution in [0.4, 0.5) is 5.82 Å². The van der Waals surface area contributed by atoms with Crippen molar-refractivity contribution in [3.8, 4) is 0 Å². The number of nitrogens with zero attached hydrogens (tertiary/aromatic N) is 4. The lowest BCUT2D eigenvalue weighted by atomic mass is 10.1. The Labute approximate surface area is 153 Å². The quantitative estimate of drug-likeness (QED) is 0.708. The molecule has 1 aliphatic heterocycles. The fraction of sp³-hybridized carbons (Fsp3) is 0.263. The molecular formula is C19H20N4O2S. The van der Waals surface area contributed by atoms with E-state index in [1.165, 1.54) is 4.31 Å². The Kier molecular flexibility index (Phi) is 4.13. The summed E-state index contributed by atoms with van der Waals surface area (Å²) in [6.07, 6.45) is 0. The number of aryl methyl sites for hydroxylation is 1. The van der Waals surface area contributed by atoms with Gasteiger partial charge in [0.15, 0.2) is 5.82 Å². The molecule has 0 aliphatic carbocycles. The standard InChI is InChI=1S/C19H20N4O2S/c1-14-10-11-19(21-20-14)23-12-16(13-23)22(2)26(24,25)18-9-5-7-15-6-3-4-8-17(15)18/h3-11,16H,12-13H2,1-2H3. The minimum atomic E-state index is -3.57. The maximum Gasteiger partial charge on any atom is 0.243 e. The summed E-state index contributed by atoms with van der Waals surface area (Å²) in [5, 5.41) is 9.90. The summed E-state index contributed by atoms with van der Waals surface area (Å²) >= 11 is 0. The summed E-state index contributed by atoms with van der Waals surface area (Å²) in [6.45, 7) is 3.11. The normalized spacial score (nSPS) is 15.4. The Bertz CT molecular complexity index is 1040. The van der Waals surface area contributed by atoms with E-state index in [2.05, 4.69) is 10.2 Å². The van der Waals surface area contributed by atoms with Gasteiger partial charge < -0.3 is 4.90 Å². The molecule has 0 unspecified atom stereocenters. The lowest BCUT2D eigenvalue weighted by molar-refractivity contribution is 0.309. The van der Waals surface area contributed by atoms with Crippen molar-refractivity contribution in [2.75, 3.05) is 25.0 Å². The largest absolute Gasteiger partial charge is 0.352 e. The molecular weight excluding hydrogens is 348 g/mol. The van der Waals surface area contributed by atoms with E-state index in [-0.39, 0.29) is 6.04 Å². The van der Waals surface area contributed by atoms with E-state index in [0.717, 1.165) is 22.3 Å². The number of rotatable bonds is 4. The summed E-state index contributed by atoms with van der Waals surface area (Å²) in [7, 11) is -1.91. The fourth-order valence-electron chi connectivity index (χ4n) is 3.20. The molecule has 26 heavy (non-hydrogen) atoms. The van der Waals surface area contributed by atoms with Crippen LogP contribution in [0.2, 0.25) is 0 Å². The Balaban J connectivity index is 1.56. The van der Waals surface area contributed by atoms with Gasteiger partial charge in [-0.2, -0.15) is 9.40 Å². The van der Waals surface area contributed by atoms with Crippen LogP contribution in [0.5, 0.6) is 0 Å². The number of hydrogen-bond donors (Lipinski definition) is 0. The summed E-state index contributed by atoms with van der Waals surface area (Å²) < 4.78 is 27.8. The molecule has 0 spiro atoms. The number of fused-ring (bicyclic) bond motifs is 1. The second kappa shape index (κ2) is 6.34. The van der Waals surface area contributed by atoms with Gasteiger partial charge in [0, 0.05) is 25.5 Å². The van der Waals surface area contributed by atoms with Crippen LogP contribution in [-0.2, 0) is 10.0 Å². The Morgan fingerprint density at radius 1 is 1.00 bits per heavy atom. The van der Waals surface area contributed by atoms with E-state index < -0.39 is 10.0 Å². The Morgan fingerprint density at radius 3 is 2.46 bits per heavy atom. The molecule has 0 N–H and O–H groups in total. The molecule has 0 amide bonds. The average molecular weight is 368 g/mol. The van der Waals surface area contributed by atoms with Gasteiger partial charge in [0.1, 0.15) is 0 Å². The molecule has 0 bridgehead atoms. The lowest BCUT2D eigenvalue weighted by Crippen LogP contribution is -2.60. The molecule has 4 rings (SSSR count). The maximum absolute atomic E-state index is 13.1. The zero-order valence-corrected chi connectivity index (χ0v) is 15.5. The highest BCUT2D eigenvalue weighted by molar-refractivity contribution is 7.89. The SMILES string of the molecule is Cc1ccc(N2CC(N(C)S(=O)(=O)c3cccc4ccccc34)C2)nn1. The molecule has 0 radical (unpaired) electrons. The van der Waals surface area contributed by atoms with Crippen LogP contribution in [0.15, 0.2) is 59.5 Å². The van der Waals surface area contributed by atoms with Crippen LogP contribution in [0.25, 0.3) is 10.8 Å². The molecule has 134 valence electrons. The molecule has 6 nitrogen and oxygen atoms in total. The van der Waals surface area contributed by atoms with Crippen LogP contribution in [0.3, 0.4) is 0 Å². The fourth-order valence-corrected chi connectivity index (χ4v) is 4.76. The monoisotopic (exact) mass is 368 g/mol. The Morgan fingerprint density at radius 2 is 1.73 bits per heavy atom. The van der Waals surface area contributed by atoms with Crippen molar-refractivity contribution in [2.45, 2.75) is 17.9 Å². The summed E-state index contributed by atoms with van der Waals surface area (Å²) in [5.74, 6) is 0.780. The van der Waals surface area contributed by atoms with E-state index in [0.29, 0.717) is 18.0 Å². The highest BCUT2D eigenvalue weighted by Gasteiger charge is 2.37. The number of anilines is 1. The predicted octanol–water partition coefficient (Wildman–Crippen LogP) is 2.45. The first-order valence-electron chi connectivity index (χ1n) is 8.48. The van der Waals surface area contributed by atoms with Crippen molar-refractivity contribution in [3.05, 3.63) is 60.3 Å². The number of aromatic nitrogens is 2. The highest BCUT2D eigenvalue weighted by Crippen LogP contribution is 2.29. The van der Waals surface area contributed by atoms with Gasteiger partial charge in [0.05, 0.1) is 16.6 Å². The van der Waals surface area contributed by atoms with Gasteiger partial charge in [-0.25, -0.2) is 8.42 Å². The number of hydrogen-bond acceptors (Lipinski definition) is 5. The minimum Gasteiger partial charge on any atom is -0.352 e. The van der Waals surface area contributed by atoms with Crippen LogP contribution in [-0.4, -0.2) is 49.1 Å². The third-order valence-electron chi connectivity index (χ3n) is 4.89. The van der Waals surface area contributed by atoms with Crippen molar-refractivity contribution in [1.82, 2.24) is 14.5 Å². The average Bonchev–Trinajstić information content (AvgIpc) is 2.61. The molecule has 3 aromatic rings. The topological polar surface area (TPSA) is 66.4 Å². The molecule has 2 heterocycles. The van der Waals surface area contributed by atoms with Gasteiger partial charge in [-0.3, -0.25) is 0 Å². The summed E-state index contributed by atoms with van der Waals surface area (Å²) in [4.78, 5) is 2.39. The van der Waals surface area contributed by atoms with Crippen molar-refractivity contribution in [2.24, 2.45) is 0 Å². The van der Waals surface area contributed by atoms with Crippen molar-refractivity contribution in [3.63, 3.8) is 0 Å².